The van der Waals surface area contributed by atoms with Gasteiger partial charge in [-0.25, -0.2) is 4.39 Å². The number of allylic oxidation sites excluding steroid dienone is 2. The third-order valence-corrected chi connectivity index (χ3v) is 6.20. The topological polar surface area (TPSA) is 32.6 Å². The van der Waals surface area contributed by atoms with Crippen molar-refractivity contribution >= 4 is 6.21 Å². The molecular formula is C22H22FNO. The van der Waals surface area contributed by atoms with E-state index in [1.807, 2.05) is 18.3 Å². The first-order valence-electron chi connectivity index (χ1n) is 8.84. The van der Waals surface area contributed by atoms with Gasteiger partial charge in [0.25, 0.3) is 0 Å². The van der Waals surface area contributed by atoms with Crippen LogP contribution in [-0.2, 0) is 6.42 Å². The van der Waals surface area contributed by atoms with Gasteiger partial charge >= 0.3 is 0 Å². The normalized spacial score (nSPS) is 33.5. The second-order valence-corrected chi connectivity index (χ2v) is 7.70. The summed E-state index contributed by atoms with van der Waals surface area (Å²) in [5.41, 5.74) is 3.44. The third-order valence-electron chi connectivity index (χ3n) is 6.20. The fraction of sp³-hybridized carbons (Fsp3) is 0.409. The van der Waals surface area contributed by atoms with E-state index in [4.69, 9.17) is 11.4 Å². The number of aliphatic imine (C=N–C) groups is 1. The number of hydrogen-bond donors (Lipinski definition) is 1. The molecule has 1 aromatic carbocycles. The van der Waals surface area contributed by atoms with Gasteiger partial charge < -0.3 is 5.11 Å². The molecule has 0 bridgehead atoms. The Kier molecular flexibility index (Phi) is 3.70. The molecule has 0 spiro atoms. The smallest absolute Gasteiger partial charge is 0.134 e. The lowest BCUT2D eigenvalue weighted by molar-refractivity contribution is 0.0157. The Balaban J connectivity index is 1.54. The number of terminal acetylenes is 1. The van der Waals surface area contributed by atoms with E-state index in [9.17, 15) is 9.50 Å². The van der Waals surface area contributed by atoms with E-state index in [1.165, 1.54) is 28.9 Å². The van der Waals surface area contributed by atoms with Crippen molar-refractivity contribution < 1.29 is 9.50 Å². The highest BCUT2D eigenvalue weighted by atomic mass is 19.1. The molecule has 0 aromatic heterocycles. The second-order valence-electron chi connectivity index (χ2n) is 7.70. The molecule has 25 heavy (non-hydrogen) atoms. The van der Waals surface area contributed by atoms with Crippen molar-refractivity contribution in [1.29, 1.82) is 0 Å². The van der Waals surface area contributed by atoms with Crippen molar-refractivity contribution in [2.45, 2.75) is 50.7 Å². The first-order chi connectivity index (χ1) is 11.9. The molecule has 4 rings (SSSR count). The number of dihydropyridines is 1. The Morgan fingerprint density at radius 1 is 1.32 bits per heavy atom. The number of fused-ring (bicyclic) bond motifs is 1. The maximum Gasteiger partial charge on any atom is 0.134 e. The van der Waals surface area contributed by atoms with Crippen LogP contribution in [0.1, 0.15) is 38.2 Å². The van der Waals surface area contributed by atoms with Crippen molar-refractivity contribution in [2.24, 2.45) is 10.4 Å². The van der Waals surface area contributed by atoms with Crippen molar-refractivity contribution in [1.82, 2.24) is 0 Å². The van der Waals surface area contributed by atoms with Gasteiger partial charge in [-0.05, 0) is 60.9 Å². The molecule has 1 aliphatic heterocycles. The van der Waals surface area contributed by atoms with Gasteiger partial charge in [0.15, 0.2) is 0 Å². The summed E-state index contributed by atoms with van der Waals surface area (Å²) in [5.74, 6) is 2.43. The lowest BCUT2D eigenvalue weighted by Gasteiger charge is -2.41. The van der Waals surface area contributed by atoms with Crippen LogP contribution in [0.5, 0.6) is 0 Å². The average Bonchev–Trinajstić information content (AvgIpc) is 2.86. The van der Waals surface area contributed by atoms with Crippen LogP contribution in [0.4, 0.5) is 4.39 Å². The van der Waals surface area contributed by atoms with E-state index in [-0.39, 0.29) is 17.3 Å². The first-order valence-corrected chi connectivity index (χ1v) is 8.84. The SMILES string of the molecule is C#CC1(O)CCC2=CC3=C(C=NC(Cc4ccc(F)cc4)C3)CC21C. The van der Waals surface area contributed by atoms with Crippen LogP contribution in [0.2, 0.25) is 0 Å². The maximum absolute atomic E-state index is 13.1. The van der Waals surface area contributed by atoms with Crippen LogP contribution >= 0.6 is 0 Å². The Hall–Kier alpha value is -2.18. The summed E-state index contributed by atoms with van der Waals surface area (Å²) in [4.78, 5) is 4.71. The average molecular weight is 335 g/mol. The fourth-order valence-corrected chi connectivity index (χ4v) is 4.49. The quantitative estimate of drug-likeness (QED) is 0.814. The zero-order chi connectivity index (χ0) is 17.7. The highest BCUT2D eigenvalue weighted by Gasteiger charge is 2.54. The van der Waals surface area contributed by atoms with Crippen LogP contribution in [0.3, 0.4) is 0 Å². The molecule has 0 amide bonds. The van der Waals surface area contributed by atoms with Crippen molar-refractivity contribution in [3.05, 3.63) is 58.4 Å². The molecule has 128 valence electrons. The summed E-state index contributed by atoms with van der Waals surface area (Å²) < 4.78 is 13.1. The van der Waals surface area contributed by atoms with E-state index in [0.717, 1.165) is 31.2 Å². The zero-order valence-corrected chi connectivity index (χ0v) is 14.4. The molecule has 1 saturated carbocycles. The van der Waals surface area contributed by atoms with Gasteiger partial charge in [-0.2, -0.15) is 0 Å². The van der Waals surface area contributed by atoms with E-state index < -0.39 is 5.60 Å². The molecular weight excluding hydrogens is 313 g/mol. The van der Waals surface area contributed by atoms with Crippen molar-refractivity contribution in [3.8, 4) is 12.3 Å². The van der Waals surface area contributed by atoms with Gasteiger partial charge in [-0.15, -0.1) is 6.42 Å². The van der Waals surface area contributed by atoms with E-state index in [0.29, 0.717) is 6.42 Å². The minimum Gasteiger partial charge on any atom is -0.377 e. The minimum absolute atomic E-state index is 0.179. The van der Waals surface area contributed by atoms with Crippen LogP contribution in [0, 0.1) is 23.6 Å². The van der Waals surface area contributed by atoms with Crippen LogP contribution < -0.4 is 0 Å². The summed E-state index contributed by atoms with van der Waals surface area (Å²) in [6, 6.07) is 6.84. The lowest BCUT2D eigenvalue weighted by Crippen LogP contribution is -2.43. The van der Waals surface area contributed by atoms with Gasteiger partial charge in [0.2, 0.25) is 0 Å². The van der Waals surface area contributed by atoms with E-state index in [2.05, 4.69) is 18.9 Å². The maximum atomic E-state index is 13.1. The standard InChI is InChI=1S/C22H22FNO/c1-3-22(25)9-8-18-11-16-12-20(10-15-4-6-19(23)7-5-15)24-14-17(16)13-21(18,22)2/h1,4-7,11,14,20,25H,8-10,12-13H2,2H3. The molecule has 1 fully saturated rings. The lowest BCUT2D eigenvalue weighted by atomic mass is 9.66. The molecule has 2 nitrogen and oxygen atoms in total. The molecule has 0 saturated heterocycles. The second kappa shape index (κ2) is 5.68. The van der Waals surface area contributed by atoms with Crippen LogP contribution in [0.25, 0.3) is 0 Å². The summed E-state index contributed by atoms with van der Waals surface area (Å²) in [6.07, 6.45) is 13.8. The molecule has 3 aliphatic rings. The van der Waals surface area contributed by atoms with Gasteiger partial charge in [-0.1, -0.05) is 36.6 Å². The Morgan fingerprint density at radius 3 is 2.80 bits per heavy atom. The van der Waals surface area contributed by atoms with Crippen molar-refractivity contribution in [2.75, 3.05) is 0 Å². The molecule has 1 N–H and O–H groups in total. The number of hydrogen-bond acceptors (Lipinski definition) is 2. The van der Waals surface area contributed by atoms with Crippen LogP contribution in [-0.4, -0.2) is 23.0 Å². The monoisotopic (exact) mass is 335 g/mol. The number of aliphatic hydroxyl groups is 1. The number of benzene rings is 1. The molecule has 3 unspecified atom stereocenters. The third kappa shape index (κ3) is 2.56. The van der Waals surface area contributed by atoms with E-state index >= 15 is 0 Å². The predicted octanol–water partition coefficient (Wildman–Crippen LogP) is 4.00. The van der Waals surface area contributed by atoms with Gasteiger partial charge in [0.1, 0.15) is 11.4 Å². The Morgan fingerprint density at radius 2 is 2.08 bits per heavy atom. The molecule has 2 aliphatic carbocycles. The molecule has 0 radical (unpaired) electrons. The summed E-state index contributed by atoms with van der Waals surface area (Å²) in [5, 5.41) is 10.8. The molecule has 1 heterocycles. The number of rotatable bonds is 2. The Bertz CT molecular complexity index is 842. The number of nitrogens with zero attached hydrogens (tertiary/aromatic N) is 1. The largest absolute Gasteiger partial charge is 0.377 e. The molecule has 3 atom stereocenters. The zero-order valence-electron chi connectivity index (χ0n) is 14.4. The van der Waals surface area contributed by atoms with Gasteiger partial charge in [-0.3, -0.25) is 4.99 Å². The fourth-order valence-electron chi connectivity index (χ4n) is 4.49. The summed E-state index contributed by atoms with van der Waals surface area (Å²) in [6.45, 7) is 2.08. The van der Waals surface area contributed by atoms with Crippen molar-refractivity contribution in [3.63, 3.8) is 0 Å². The molecule has 1 aromatic rings. The summed E-state index contributed by atoms with van der Waals surface area (Å²) in [7, 11) is 0. The van der Waals surface area contributed by atoms with Gasteiger partial charge in [0.05, 0.1) is 6.04 Å². The minimum atomic E-state index is -1.06. The predicted molar refractivity (Wildman–Crippen MR) is 97.9 cm³/mol. The summed E-state index contributed by atoms with van der Waals surface area (Å²) >= 11 is 0. The van der Waals surface area contributed by atoms with Gasteiger partial charge in [0, 0.05) is 11.6 Å². The highest BCUT2D eigenvalue weighted by molar-refractivity contribution is 5.83. The van der Waals surface area contributed by atoms with E-state index in [1.54, 1.807) is 0 Å². The molecule has 3 heteroatoms. The Labute approximate surface area is 148 Å². The van der Waals surface area contributed by atoms with Crippen LogP contribution in [0.15, 0.2) is 52.1 Å². The highest BCUT2D eigenvalue weighted by Crippen LogP contribution is 2.56. The number of halogens is 1. The first kappa shape index (κ1) is 16.3.